The third-order valence-electron chi connectivity index (χ3n) is 3.91. The predicted molar refractivity (Wildman–Crippen MR) is 111 cm³/mol. The Bertz CT molecular complexity index is 1100. The molecule has 33 heavy (non-hydrogen) atoms. The summed E-state index contributed by atoms with van der Waals surface area (Å²) in [5.41, 5.74) is -2.02. The van der Waals surface area contributed by atoms with Gasteiger partial charge in [-0.3, -0.25) is 0 Å². The summed E-state index contributed by atoms with van der Waals surface area (Å²) < 4.78 is 105. The van der Waals surface area contributed by atoms with Crippen molar-refractivity contribution in [3.8, 4) is 11.5 Å². The number of phenols is 1. The number of aromatic hydroxyl groups is 1. The third kappa shape index (κ3) is 7.60. The molecule has 0 amide bonds. The fraction of sp³-hybridized carbons (Fsp3) is 0.143. The summed E-state index contributed by atoms with van der Waals surface area (Å²) in [5, 5.41) is 8.87. The van der Waals surface area contributed by atoms with E-state index in [2.05, 4.69) is 31.9 Å². The van der Waals surface area contributed by atoms with Gasteiger partial charge in [-0.05, 0) is 61.7 Å². The molecule has 2 nitrogen and oxygen atoms in total. The van der Waals surface area contributed by atoms with Gasteiger partial charge in [-0.25, -0.2) is 8.78 Å². The van der Waals surface area contributed by atoms with Gasteiger partial charge in [0.2, 0.25) is 0 Å². The molecule has 0 radical (unpaired) electrons. The molecule has 3 rings (SSSR count). The molecule has 3 aromatic rings. The van der Waals surface area contributed by atoms with E-state index in [1.807, 2.05) is 6.07 Å². The summed E-state index contributed by atoms with van der Waals surface area (Å²) in [7, 11) is 0. The lowest BCUT2D eigenvalue weighted by Crippen LogP contribution is -2.09. The first-order chi connectivity index (χ1) is 15.2. The van der Waals surface area contributed by atoms with Crippen LogP contribution in [0.1, 0.15) is 16.7 Å². The first-order valence-corrected chi connectivity index (χ1v) is 10.3. The van der Waals surface area contributed by atoms with Gasteiger partial charge < -0.3 is 9.84 Å². The average Bonchev–Trinajstić information content (AvgIpc) is 2.69. The summed E-state index contributed by atoms with van der Waals surface area (Å²) in [6.07, 6.45) is -9.54. The topological polar surface area (TPSA) is 29.5 Å². The first-order valence-electron chi connectivity index (χ1n) is 8.68. The fourth-order valence-electron chi connectivity index (χ4n) is 2.35. The van der Waals surface area contributed by atoms with Crippen molar-refractivity contribution in [2.45, 2.75) is 19.0 Å². The minimum Gasteiger partial charge on any atom is -0.507 e. The lowest BCUT2D eigenvalue weighted by Gasteiger charge is -2.13. The Hall–Kier alpha value is -2.34. The van der Waals surface area contributed by atoms with Crippen LogP contribution in [0.3, 0.4) is 0 Å². The minimum absolute atomic E-state index is 0.0532. The standard InChI is InChI=1S/C14H9BrF4O.C7H3BrF4O/c15-11-7-12(16)10(14(17,18)19)6-13(11)20-8-9-4-2-1-3-5-9;8-4-2-5(9)3(1-6(4)13)7(10,11)12/h1-7H,8H2;1-2,13H. The smallest absolute Gasteiger partial charge is 0.419 e. The Balaban J connectivity index is 0.000000257. The molecule has 12 heteroatoms. The largest absolute Gasteiger partial charge is 0.507 e. The van der Waals surface area contributed by atoms with Crippen LogP contribution in [0.15, 0.2) is 63.5 Å². The van der Waals surface area contributed by atoms with E-state index >= 15 is 0 Å². The Morgan fingerprint density at radius 1 is 0.727 bits per heavy atom. The van der Waals surface area contributed by atoms with Crippen LogP contribution in [-0.2, 0) is 19.0 Å². The van der Waals surface area contributed by atoms with Crippen molar-refractivity contribution in [3.63, 3.8) is 0 Å². The lowest BCUT2D eigenvalue weighted by atomic mass is 10.2. The van der Waals surface area contributed by atoms with Gasteiger partial charge in [-0.2, -0.15) is 26.3 Å². The number of halogens is 10. The van der Waals surface area contributed by atoms with E-state index in [-0.39, 0.29) is 21.3 Å². The van der Waals surface area contributed by atoms with E-state index in [4.69, 9.17) is 9.84 Å². The highest BCUT2D eigenvalue weighted by atomic mass is 79.9. The van der Waals surface area contributed by atoms with Crippen molar-refractivity contribution < 1.29 is 45.0 Å². The molecule has 0 aromatic heterocycles. The zero-order valence-electron chi connectivity index (χ0n) is 16.0. The molecule has 0 aliphatic carbocycles. The quantitative estimate of drug-likeness (QED) is 0.303. The molecule has 0 aliphatic rings. The van der Waals surface area contributed by atoms with Gasteiger partial charge in [0.05, 0.1) is 20.1 Å². The summed E-state index contributed by atoms with van der Waals surface area (Å²) in [5.74, 6) is -3.45. The number of alkyl halides is 6. The summed E-state index contributed by atoms with van der Waals surface area (Å²) in [4.78, 5) is 0. The summed E-state index contributed by atoms with van der Waals surface area (Å²) >= 11 is 5.68. The van der Waals surface area contributed by atoms with Gasteiger partial charge in [-0.1, -0.05) is 30.3 Å². The maximum Gasteiger partial charge on any atom is 0.419 e. The monoisotopic (exact) mass is 606 g/mol. The molecule has 3 aromatic carbocycles. The van der Waals surface area contributed by atoms with Crippen LogP contribution in [-0.4, -0.2) is 5.11 Å². The van der Waals surface area contributed by atoms with Gasteiger partial charge in [0.25, 0.3) is 0 Å². The maximum absolute atomic E-state index is 13.3. The van der Waals surface area contributed by atoms with Gasteiger partial charge in [0.15, 0.2) is 0 Å². The first kappa shape index (κ1) is 26.9. The molecule has 0 fully saturated rings. The number of rotatable bonds is 3. The third-order valence-corrected chi connectivity index (χ3v) is 5.16. The molecule has 0 bridgehead atoms. The Morgan fingerprint density at radius 3 is 1.73 bits per heavy atom. The summed E-state index contributed by atoms with van der Waals surface area (Å²) in [6.45, 7) is 0.0996. The molecule has 178 valence electrons. The van der Waals surface area contributed by atoms with Crippen LogP contribution in [0.4, 0.5) is 35.1 Å². The maximum atomic E-state index is 13.3. The molecule has 0 spiro atoms. The molecule has 0 saturated carbocycles. The van der Waals surface area contributed by atoms with Crippen molar-refractivity contribution in [1.82, 2.24) is 0 Å². The van der Waals surface area contributed by atoms with E-state index < -0.39 is 40.9 Å². The molecule has 0 atom stereocenters. The van der Waals surface area contributed by atoms with Crippen molar-refractivity contribution in [2.75, 3.05) is 0 Å². The summed E-state index contributed by atoms with van der Waals surface area (Å²) in [6, 6.07) is 11.3. The average molecular weight is 608 g/mol. The van der Waals surface area contributed by atoms with Crippen LogP contribution < -0.4 is 4.74 Å². The molecule has 0 aliphatic heterocycles. The van der Waals surface area contributed by atoms with E-state index in [1.165, 1.54) is 0 Å². The highest BCUT2D eigenvalue weighted by Crippen LogP contribution is 2.38. The second-order valence-corrected chi connectivity index (χ2v) is 8.02. The number of benzene rings is 3. The Labute approximate surface area is 199 Å². The molecule has 0 saturated heterocycles. The second kappa shape index (κ2) is 10.7. The van der Waals surface area contributed by atoms with Gasteiger partial charge in [-0.15, -0.1) is 0 Å². The highest BCUT2D eigenvalue weighted by molar-refractivity contribution is 9.10. The van der Waals surface area contributed by atoms with Crippen LogP contribution in [0, 0.1) is 11.6 Å². The van der Waals surface area contributed by atoms with Crippen molar-refractivity contribution in [2.24, 2.45) is 0 Å². The normalized spacial score (nSPS) is 11.6. The number of ether oxygens (including phenoxy) is 1. The second-order valence-electron chi connectivity index (χ2n) is 6.32. The van der Waals surface area contributed by atoms with Crippen LogP contribution >= 0.6 is 31.9 Å². The van der Waals surface area contributed by atoms with Crippen molar-refractivity contribution >= 4 is 31.9 Å². The van der Waals surface area contributed by atoms with E-state index in [0.29, 0.717) is 18.2 Å². The zero-order valence-corrected chi connectivity index (χ0v) is 19.2. The van der Waals surface area contributed by atoms with Gasteiger partial charge in [0, 0.05) is 0 Å². The minimum atomic E-state index is -4.79. The van der Waals surface area contributed by atoms with Gasteiger partial charge in [0.1, 0.15) is 29.7 Å². The molecule has 1 N–H and O–H groups in total. The SMILES string of the molecule is Fc1cc(Br)c(OCc2ccccc2)cc1C(F)(F)F.Oc1cc(C(F)(F)F)c(F)cc1Br. The lowest BCUT2D eigenvalue weighted by molar-refractivity contribution is -0.141. The van der Waals surface area contributed by atoms with Crippen molar-refractivity contribution in [1.29, 1.82) is 0 Å². The van der Waals surface area contributed by atoms with E-state index in [9.17, 15) is 35.1 Å². The van der Waals surface area contributed by atoms with Crippen LogP contribution in [0.5, 0.6) is 11.5 Å². The predicted octanol–water partition coefficient (Wildman–Crippen LogP) is 8.50. The van der Waals surface area contributed by atoms with Crippen LogP contribution in [0.25, 0.3) is 0 Å². The number of hydrogen-bond acceptors (Lipinski definition) is 2. The zero-order chi connectivity index (χ0) is 25.0. The van der Waals surface area contributed by atoms with E-state index in [1.54, 1.807) is 24.3 Å². The van der Waals surface area contributed by atoms with E-state index in [0.717, 1.165) is 11.6 Å². The molecular weight excluding hydrogens is 596 g/mol. The highest BCUT2D eigenvalue weighted by Gasteiger charge is 2.35. The fourth-order valence-corrected chi connectivity index (χ4v) is 3.09. The Kier molecular flexibility index (Phi) is 8.75. The Morgan fingerprint density at radius 2 is 1.21 bits per heavy atom. The number of phenolic OH excluding ortho intramolecular Hbond substituents is 1. The van der Waals surface area contributed by atoms with Crippen LogP contribution in [0.2, 0.25) is 0 Å². The molecule has 0 unspecified atom stereocenters. The molecular formula is C21H12Br2F8O2. The molecule has 0 heterocycles. The number of hydrogen-bond donors (Lipinski definition) is 1. The van der Waals surface area contributed by atoms with Gasteiger partial charge >= 0.3 is 12.4 Å². The van der Waals surface area contributed by atoms with Crippen molar-refractivity contribution in [3.05, 3.63) is 91.9 Å².